The highest BCUT2D eigenvalue weighted by molar-refractivity contribution is 6.37. The zero-order chi connectivity index (χ0) is 15.6. The Bertz CT molecular complexity index is 735. The number of anilines is 1. The Kier molecular flexibility index (Phi) is 4.40. The Morgan fingerprint density at radius 2 is 2.10 bits per heavy atom. The molecule has 0 radical (unpaired) electrons. The quantitative estimate of drug-likeness (QED) is 0.527. The number of hydrogen-bond acceptors (Lipinski definition) is 4. The van der Waals surface area contributed by atoms with Gasteiger partial charge in [0.25, 0.3) is 11.6 Å². The van der Waals surface area contributed by atoms with Crippen molar-refractivity contribution in [2.75, 3.05) is 5.32 Å². The van der Waals surface area contributed by atoms with Gasteiger partial charge in [-0.1, -0.05) is 29.3 Å². The SMILES string of the molecule is Cc1cnc(Cl)c(NC(=O)c2cccc([N+](=O)[O-])c2Cl)c1. The van der Waals surface area contributed by atoms with Crippen LogP contribution in [0.4, 0.5) is 11.4 Å². The molecule has 1 aromatic carbocycles. The minimum atomic E-state index is -0.652. The molecule has 0 spiro atoms. The molecule has 0 bridgehead atoms. The minimum absolute atomic E-state index is 0.0107. The lowest BCUT2D eigenvalue weighted by atomic mass is 10.2. The predicted molar refractivity (Wildman–Crippen MR) is 80.0 cm³/mol. The van der Waals surface area contributed by atoms with Crippen molar-refractivity contribution in [3.63, 3.8) is 0 Å². The van der Waals surface area contributed by atoms with Crippen LogP contribution in [-0.2, 0) is 0 Å². The van der Waals surface area contributed by atoms with E-state index in [1.807, 2.05) is 0 Å². The Labute approximate surface area is 129 Å². The number of carbonyl (C=O) groups is 1. The van der Waals surface area contributed by atoms with Crippen LogP contribution >= 0.6 is 23.2 Å². The number of aryl methyl sites for hydroxylation is 1. The van der Waals surface area contributed by atoms with Crippen molar-refractivity contribution in [1.29, 1.82) is 0 Å². The summed E-state index contributed by atoms with van der Waals surface area (Å²) in [4.78, 5) is 26.2. The number of hydrogen-bond donors (Lipinski definition) is 1. The van der Waals surface area contributed by atoms with Crippen molar-refractivity contribution in [2.24, 2.45) is 0 Å². The van der Waals surface area contributed by atoms with Crippen molar-refractivity contribution in [1.82, 2.24) is 4.98 Å². The molecule has 0 unspecified atom stereocenters. The first-order chi connectivity index (χ1) is 9.90. The number of amides is 1. The molecule has 0 fully saturated rings. The fourth-order valence-corrected chi connectivity index (χ4v) is 2.10. The summed E-state index contributed by atoms with van der Waals surface area (Å²) in [7, 11) is 0. The van der Waals surface area contributed by atoms with Gasteiger partial charge in [-0.3, -0.25) is 14.9 Å². The van der Waals surface area contributed by atoms with Gasteiger partial charge in [-0.05, 0) is 24.6 Å². The third kappa shape index (κ3) is 3.29. The molecule has 1 N–H and O–H groups in total. The fourth-order valence-electron chi connectivity index (χ4n) is 1.67. The molecule has 0 aliphatic heterocycles. The van der Waals surface area contributed by atoms with E-state index in [4.69, 9.17) is 23.2 Å². The van der Waals surface area contributed by atoms with Gasteiger partial charge in [0.05, 0.1) is 16.2 Å². The average Bonchev–Trinajstić information content (AvgIpc) is 2.42. The maximum Gasteiger partial charge on any atom is 0.288 e. The van der Waals surface area contributed by atoms with E-state index in [9.17, 15) is 14.9 Å². The zero-order valence-corrected chi connectivity index (χ0v) is 12.3. The van der Waals surface area contributed by atoms with E-state index >= 15 is 0 Å². The van der Waals surface area contributed by atoms with Crippen LogP contribution < -0.4 is 5.32 Å². The van der Waals surface area contributed by atoms with E-state index in [1.54, 1.807) is 19.2 Å². The third-order valence-electron chi connectivity index (χ3n) is 2.64. The summed E-state index contributed by atoms with van der Waals surface area (Å²) in [6.45, 7) is 1.79. The number of nitrogens with zero attached hydrogens (tertiary/aromatic N) is 2. The number of rotatable bonds is 3. The first-order valence-electron chi connectivity index (χ1n) is 5.76. The second kappa shape index (κ2) is 6.07. The number of nitro groups is 1. The molecule has 0 saturated carbocycles. The highest BCUT2D eigenvalue weighted by atomic mass is 35.5. The van der Waals surface area contributed by atoms with Gasteiger partial charge >= 0.3 is 0 Å². The molecule has 6 nitrogen and oxygen atoms in total. The van der Waals surface area contributed by atoms with Crippen LogP contribution in [0.2, 0.25) is 10.2 Å². The monoisotopic (exact) mass is 325 g/mol. The predicted octanol–water partition coefficient (Wildman–Crippen LogP) is 3.86. The number of benzene rings is 1. The summed E-state index contributed by atoms with van der Waals surface area (Å²) < 4.78 is 0. The Morgan fingerprint density at radius 3 is 2.76 bits per heavy atom. The normalized spacial score (nSPS) is 10.2. The van der Waals surface area contributed by atoms with Gasteiger partial charge in [0.15, 0.2) is 5.15 Å². The van der Waals surface area contributed by atoms with Crippen molar-refractivity contribution in [3.8, 4) is 0 Å². The van der Waals surface area contributed by atoms with Gasteiger partial charge in [0.1, 0.15) is 5.02 Å². The van der Waals surface area contributed by atoms with Crippen molar-refractivity contribution in [2.45, 2.75) is 6.92 Å². The van der Waals surface area contributed by atoms with Crippen LogP contribution in [0.5, 0.6) is 0 Å². The van der Waals surface area contributed by atoms with Crippen LogP contribution in [0.15, 0.2) is 30.5 Å². The molecule has 2 aromatic rings. The third-order valence-corrected chi connectivity index (χ3v) is 3.34. The molecule has 1 heterocycles. The number of halogens is 2. The number of aromatic nitrogens is 1. The summed E-state index contributed by atoms with van der Waals surface area (Å²) in [6, 6.07) is 5.63. The maximum absolute atomic E-state index is 12.2. The Balaban J connectivity index is 2.35. The molecular formula is C13H9Cl2N3O3. The Morgan fingerprint density at radius 1 is 1.38 bits per heavy atom. The van der Waals surface area contributed by atoms with Crippen LogP contribution in [-0.4, -0.2) is 15.8 Å². The van der Waals surface area contributed by atoms with Crippen LogP contribution in [0.1, 0.15) is 15.9 Å². The molecule has 8 heteroatoms. The molecule has 0 saturated heterocycles. The van der Waals surface area contributed by atoms with Gasteiger partial charge in [-0.2, -0.15) is 0 Å². The van der Waals surface area contributed by atoms with Gasteiger partial charge in [0, 0.05) is 12.3 Å². The van der Waals surface area contributed by atoms with E-state index < -0.39 is 10.8 Å². The van der Waals surface area contributed by atoms with Crippen molar-refractivity contribution in [3.05, 3.63) is 61.9 Å². The standard InChI is InChI=1S/C13H9Cl2N3O3/c1-7-5-9(12(15)16-6-7)17-13(19)8-3-2-4-10(11(8)14)18(20)21/h2-6H,1H3,(H,17,19). The lowest BCUT2D eigenvalue weighted by molar-refractivity contribution is -0.384. The topological polar surface area (TPSA) is 85.1 Å². The molecule has 0 aliphatic rings. The van der Waals surface area contributed by atoms with Crippen LogP contribution in [0.25, 0.3) is 0 Å². The van der Waals surface area contributed by atoms with Crippen LogP contribution in [0, 0.1) is 17.0 Å². The van der Waals surface area contributed by atoms with Gasteiger partial charge in [-0.15, -0.1) is 0 Å². The molecule has 0 aliphatic carbocycles. The first-order valence-corrected chi connectivity index (χ1v) is 6.52. The van der Waals surface area contributed by atoms with Crippen molar-refractivity contribution >= 4 is 40.5 Å². The molecule has 21 heavy (non-hydrogen) atoms. The molecule has 1 aromatic heterocycles. The van der Waals surface area contributed by atoms with E-state index in [-0.39, 0.29) is 21.4 Å². The van der Waals surface area contributed by atoms with E-state index in [2.05, 4.69) is 10.3 Å². The van der Waals surface area contributed by atoms with Gasteiger partial charge in [-0.25, -0.2) is 4.98 Å². The lowest BCUT2D eigenvalue weighted by Gasteiger charge is -2.08. The molecule has 108 valence electrons. The average molecular weight is 326 g/mol. The second-order valence-electron chi connectivity index (χ2n) is 4.20. The largest absolute Gasteiger partial charge is 0.319 e. The summed E-state index contributed by atoms with van der Waals surface area (Å²) >= 11 is 11.8. The number of carbonyl (C=O) groups excluding carboxylic acids is 1. The summed E-state index contributed by atoms with van der Waals surface area (Å²) in [5, 5.41) is 13.2. The zero-order valence-electron chi connectivity index (χ0n) is 10.8. The fraction of sp³-hybridized carbons (Fsp3) is 0.0769. The first kappa shape index (κ1) is 15.2. The molecule has 1 amide bonds. The smallest absolute Gasteiger partial charge is 0.288 e. The van der Waals surface area contributed by atoms with Gasteiger partial charge < -0.3 is 5.32 Å². The maximum atomic E-state index is 12.2. The summed E-state index contributed by atoms with van der Waals surface area (Å²) in [5.41, 5.74) is 0.769. The van der Waals surface area contributed by atoms with E-state index in [0.717, 1.165) is 5.56 Å². The van der Waals surface area contributed by atoms with Gasteiger partial charge in [0.2, 0.25) is 0 Å². The van der Waals surface area contributed by atoms with Crippen molar-refractivity contribution < 1.29 is 9.72 Å². The van der Waals surface area contributed by atoms with E-state index in [1.165, 1.54) is 18.2 Å². The molecular weight excluding hydrogens is 317 g/mol. The summed E-state index contributed by atoms with van der Waals surface area (Å²) in [5.74, 6) is -0.599. The summed E-state index contributed by atoms with van der Waals surface area (Å²) in [6.07, 6.45) is 1.55. The number of nitro benzene ring substituents is 1. The number of pyridine rings is 1. The molecule has 2 rings (SSSR count). The minimum Gasteiger partial charge on any atom is -0.319 e. The molecule has 0 atom stereocenters. The van der Waals surface area contributed by atoms with Crippen LogP contribution in [0.3, 0.4) is 0 Å². The van der Waals surface area contributed by atoms with E-state index in [0.29, 0.717) is 5.69 Å². The highest BCUT2D eigenvalue weighted by Gasteiger charge is 2.20. The Hall–Kier alpha value is -2.18. The lowest BCUT2D eigenvalue weighted by Crippen LogP contribution is -2.13. The number of nitrogens with one attached hydrogen (secondary N) is 1. The highest BCUT2D eigenvalue weighted by Crippen LogP contribution is 2.29. The second-order valence-corrected chi connectivity index (χ2v) is 4.94.